The Kier molecular flexibility index (Phi) is 3.05. The first-order valence-corrected chi connectivity index (χ1v) is 6.36. The first-order valence-electron chi connectivity index (χ1n) is 6.36. The number of hydrogen-bond donors (Lipinski definition) is 0. The molecule has 0 saturated heterocycles. The Labute approximate surface area is 114 Å². The highest BCUT2D eigenvalue weighted by Crippen LogP contribution is 2.29. The molecule has 3 rings (SSSR count). The molecule has 0 unspecified atom stereocenters. The summed E-state index contributed by atoms with van der Waals surface area (Å²) >= 11 is 0. The van der Waals surface area contributed by atoms with Crippen molar-refractivity contribution in [3.05, 3.63) is 47.3 Å². The van der Waals surface area contributed by atoms with Crippen LogP contribution in [0.1, 0.15) is 16.7 Å². The normalized spacial score (nSPS) is 16.2. The smallest absolute Gasteiger partial charge is 0.302 e. The van der Waals surface area contributed by atoms with Crippen LogP contribution in [0.2, 0.25) is 0 Å². The Balaban J connectivity index is 1.95. The van der Waals surface area contributed by atoms with E-state index in [-0.39, 0.29) is 0 Å². The molecule has 0 atom stereocenters. The van der Waals surface area contributed by atoms with Gasteiger partial charge in [0.05, 0.1) is 17.4 Å². The Morgan fingerprint density at radius 2 is 2.00 bits per heavy atom. The van der Waals surface area contributed by atoms with Crippen LogP contribution in [0.25, 0.3) is 5.69 Å². The van der Waals surface area contributed by atoms with Crippen LogP contribution in [0, 0.1) is 0 Å². The molecule has 2 heterocycles. The zero-order valence-corrected chi connectivity index (χ0v) is 11.0. The fourth-order valence-corrected chi connectivity index (χ4v) is 2.44. The molecule has 0 spiro atoms. The Morgan fingerprint density at radius 1 is 1.20 bits per heavy atom. The lowest BCUT2D eigenvalue weighted by Crippen LogP contribution is -2.26. The lowest BCUT2D eigenvalue weighted by Gasteiger charge is -2.25. The summed E-state index contributed by atoms with van der Waals surface area (Å²) < 4.78 is 39.0. The summed E-state index contributed by atoms with van der Waals surface area (Å²) in [6, 6.07) is 5.71. The van der Waals surface area contributed by atoms with Crippen LogP contribution in [0.5, 0.6) is 0 Å². The van der Waals surface area contributed by atoms with Gasteiger partial charge in [-0.25, -0.2) is 4.68 Å². The number of benzene rings is 1. The minimum absolute atomic E-state index is 0.662. The molecule has 0 aliphatic carbocycles. The van der Waals surface area contributed by atoms with E-state index in [9.17, 15) is 13.2 Å². The number of alkyl halides is 3. The molecule has 2 aromatic rings. The summed E-state index contributed by atoms with van der Waals surface area (Å²) in [6.07, 6.45) is -1.51. The summed E-state index contributed by atoms with van der Waals surface area (Å²) in [7, 11) is 2.03. The van der Waals surface area contributed by atoms with Gasteiger partial charge in [0.15, 0.2) is 0 Å². The summed E-state index contributed by atoms with van der Waals surface area (Å²) in [5.41, 5.74) is 2.34. The van der Waals surface area contributed by atoms with Crippen LogP contribution >= 0.6 is 0 Å². The quantitative estimate of drug-likeness (QED) is 0.801. The summed E-state index contributed by atoms with van der Waals surface area (Å²) in [6.45, 7) is 1.82. The number of likely N-dealkylation sites (N-methyl/N-ethyl adjacent to an activating group) is 1. The molecule has 3 nitrogen and oxygen atoms in total. The highest BCUT2D eigenvalue weighted by Gasteiger charge is 2.32. The molecular formula is C14H14F3N3. The molecule has 1 aliphatic heterocycles. The highest BCUT2D eigenvalue weighted by atomic mass is 19.4. The lowest BCUT2D eigenvalue weighted by atomic mass is 9.99. The zero-order chi connectivity index (χ0) is 14.3. The number of fused-ring (bicyclic) bond motifs is 1. The number of hydrogen-bond acceptors (Lipinski definition) is 2. The fourth-order valence-electron chi connectivity index (χ4n) is 2.44. The van der Waals surface area contributed by atoms with E-state index in [1.807, 2.05) is 25.2 Å². The van der Waals surface area contributed by atoms with E-state index < -0.39 is 11.7 Å². The molecule has 1 aromatic heterocycles. The molecular weight excluding hydrogens is 267 g/mol. The third-order valence-electron chi connectivity index (χ3n) is 3.57. The van der Waals surface area contributed by atoms with E-state index in [0.29, 0.717) is 5.69 Å². The third-order valence-corrected chi connectivity index (χ3v) is 3.57. The van der Waals surface area contributed by atoms with Crippen LogP contribution in [0.3, 0.4) is 0 Å². The first-order chi connectivity index (χ1) is 9.43. The van der Waals surface area contributed by atoms with Crippen molar-refractivity contribution in [2.24, 2.45) is 0 Å². The average Bonchev–Trinajstić information content (AvgIpc) is 2.87. The van der Waals surface area contributed by atoms with Crippen molar-refractivity contribution in [2.75, 3.05) is 13.6 Å². The molecule has 0 saturated carbocycles. The van der Waals surface area contributed by atoms with Crippen molar-refractivity contribution in [3.8, 4) is 5.69 Å². The summed E-state index contributed by atoms with van der Waals surface area (Å²) in [5.74, 6) is 0. The van der Waals surface area contributed by atoms with Crippen molar-refractivity contribution in [1.82, 2.24) is 14.7 Å². The molecule has 6 heteroatoms. The predicted octanol–water partition coefficient (Wildman–Crippen LogP) is 2.88. The number of rotatable bonds is 1. The van der Waals surface area contributed by atoms with Crippen molar-refractivity contribution in [1.29, 1.82) is 0 Å². The van der Waals surface area contributed by atoms with Gasteiger partial charge in [-0.05, 0) is 36.7 Å². The molecule has 0 bridgehead atoms. The third kappa shape index (κ3) is 2.43. The molecule has 20 heavy (non-hydrogen) atoms. The number of aromatic nitrogens is 2. The van der Waals surface area contributed by atoms with E-state index in [1.165, 1.54) is 10.2 Å². The summed E-state index contributed by atoms with van der Waals surface area (Å²) in [5, 5.41) is 3.80. The van der Waals surface area contributed by atoms with E-state index in [1.54, 1.807) is 0 Å². The topological polar surface area (TPSA) is 21.1 Å². The SMILES string of the molecule is CN1CCc2ccc(-n3cc(C(F)(F)F)cn3)cc2C1. The Hall–Kier alpha value is -1.82. The van der Waals surface area contributed by atoms with Gasteiger partial charge < -0.3 is 4.90 Å². The number of halogens is 3. The number of nitrogens with zero attached hydrogens (tertiary/aromatic N) is 3. The average molecular weight is 281 g/mol. The fraction of sp³-hybridized carbons (Fsp3) is 0.357. The van der Waals surface area contributed by atoms with E-state index in [2.05, 4.69) is 10.00 Å². The first kappa shape index (κ1) is 13.2. The van der Waals surface area contributed by atoms with Crippen molar-refractivity contribution in [3.63, 3.8) is 0 Å². The second-order valence-corrected chi connectivity index (χ2v) is 5.11. The molecule has 1 aromatic carbocycles. The van der Waals surface area contributed by atoms with Gasteiger partial charge in [0.1, 0.15) is 0 Å². The van der Waals surface area contributed by atoms with Gasteiger partial charge >= 0.3 is 6.18 Å². The highest BCUT2D eigenvalue weighted by molar-refractivity contribution is 5.41. The van der Waals surface area contributed by atoms with Gasteiger partial charge in [0.2, 0.25) is 0 Å². The maximum absolute atomic E-state index is 12.6. The Bertz CT molecular complexity index is 631. The largest absolute Gasteiger partial charge is 0.419 e. The van der Waals surface area contributed by atoms with Crippen molar-refractivity contribution >= 4 is 0 Å². The molecule has 1 aliphatic rings. The van der Waals surface area contributed by atoms with Gasteiger partial charge in [0, 0.05) is 19.3 Å². The van der Waals surface area contributed by atoms with Crippen LogP contribution < -0.4 is 0 Å². The predicted molar refractivity (Wildman–Crippen MR) is 68.6 cm³/mol. The molecule has 106 valence electrons. The monoisotopic (exact) mass is 281 g/mol. The minimum Gasteiger partial charge on any atom is -0.302 e. The van der Waals surface area contributed by atoms with E-state index in [4.69, 9.17) is 0 Å². The summed E-state index contributed by atoms with van der Waals surface area (Å²) in [4.78, 5) is 2.19. The van der Waals surface area contributed by atoms with Crippen LogP contribution in [0.15, 0.2) is 30.6 Å². The van der Waals surface area contributed by atoms with E-state index >= 15 is 0 Å². The van der Waals surface area contributed by atoms with Gasteiger partial charge in [-0.2, -0.15) is 18.3 Å². The zero-order valence-electron chi connectivity index (χ0n) is 11.0. The molecule has 0 amide bonds. The van der Waals surface area contributed by atoms with E-state index in [0.717, 1.165) is 37.5 Å². The van der Waals surface area contributed by atoms with Crippen molar-refractivity contribution < 1.29 is 13.2 Å². The Morgan fingerprint density at radius 3 is 2.70 bits per heavy atom. The minimum atomic E-state index is -4.35. The maximum Gasteiger partial charge on any atom is 0.419 e. The molecule has 0 fully saturated rings. The standard InChI is InChI=1S/C14H14F3N3/c1-19-5-4-10-2-3-13(6-11(10)8-19)20-9-12(7-18-20)14(15,16)17/h2-3,6-7,9H,4-5,8H2,1H3. The molecule has 0 radical (unpaired) electrons. The van der Waals surface area contributed by atoms with Crippen LogP contribution in [-0.2, 0) is 19.1 Å². The van der Waals surface area contributed by atoms with Gasteiger partial charge in [-0.3, -0.25) is 0 Å². The van der Waals surface area contributed by atoms with Gasteiger partial charge in [-0.1, -0.05) is 6.07 Å². The molecule has 0 N–H and O–H groups in total. The van der Waals surface area contributed by atoms with Gasteiger partial charge in [-0.15, -0.1) is 0 Å². The second kappa shape index (κ2) is 4.63. The van der Waals surface area contributed by atoms with Crippen LogP contribution in [-0.4, -0.2) is 28.3 Å². The van der Waals surface area contributed by atoms with Gasteiger partial charge in [0.25, 0.3) is 0 Å². The lowest BCUT2D eigenvalue weighted by molar-refractivity contribution is -0.137. The van der Waals surface area contributed by atoms with Crippen molar-refractivity contribution in [2.45, 2.75) is 19.1 Å². The second-order valence-electron chi connectivity index (χ2n) is 5.11. The maximum atomic E-state index is 12.6. The van der Waals surface area contributed by atoms with Crippen LogP contribution in [0.4, 0.5) is 13.2 Å².